The van der Waals surface area contributed by atoms with Crippen LogP contribution in [0, 0.1) is 17.8 Å². The number of carbonyl (C=O) groups is 4. The van der Waals surface area contributed by atoms with Crippen molar-refractivity contribution in [3.63, 3.8) is 0 Å². The summed E-state index contributed by atoms with van der Waals surface area (Å²) in [6.07, 6.45) is 4.48. The highest BCUT2D eigenvalue weighted by Gasteiger charge is 2.63. The summed E-state index contributed by atoms with van der Waals surface area (Å²) in [5.41, 5.74) is -2.58. The molecule has 318 valence electrons. The molecule has 15 nitrogen and oxygen atoms in total. The third-order valence-electron chi connectivity index (χ3n) is 12.0. The second-order valence-electron chi connectivity index (χ2n) is 17.7. The molecule has 0 unspecified atom stereocenters. The lowest BCUT2D eigenvalue weighted by Crippen LogP contribution is -2.62. The molecule has 7 atom stereocenters. The minimum absolute atomic E-state index is 0.0509. The molecule has 1 aromatic heterocycles. The molecule has 6 rings (SSSR count). The zero-order valence-electron chi connectivity index (χ0n) is 34.2. The number of hydrogen-bond acceptors (Lipinski definition) is 10. The van der Waals surface area contributed by atoms with Crippen molar-refractivity contribution in [1.29, 1.82) is 0 Å². The van der Waals surface area contributed by atoms with E-state index in [1.165, 1.54) is 9.80 Å². The van der Waals surface area contributed by atoms with Crippen LogP contribution in [0.5, 0.6) is 11.8 Å². The lowest BCUT2D eigenvalue weighted by Gasteiger charge is -2.43. The average Bonchev–Trinajstić information content (AvgIpc) is 4.01. The van der Waals surface area contributed by atoms with Gasteiger partial charge in [0.05, 0.1) is 17.9 Å². The van der Waals surface area contributed by atoms with E-state index in [2.05, 4.69) is 21.9 Å². The zero-order valence-corrected chi connectivity index (χ0v) is 35.8. The number of hydrogen-bond donors (Lipinski definition) is 3. The highest BCUT2D eigenvalue weighted by Crippen LogP contribution is 2.48. The Bertz CT molecular complexity index is 2070. The summed E-state index contributed by atoms with van der Waals surface area (Å²) in [6.45, 7) is 11.0. The van der Waals surface area contributed by atoms with Gasteiger partial charge in [-0.15, -0.1) is 0 Å². The summed E-state index contributed by atoms with van der Waals surface area (Å²) in [5, 5.41) is 15.1. The van der Waals surface area contributed by atoms with Crippen molar-refractivity contribution >= 4 is 56.2 Å². The van der Waals surface area contributed by atoms with Gasteiger partial charge in [-0.3, -0.25) is 24.0 Å². The first-order valence-corrected chi connectivity index (χ1v) is 21.8. The molecule has 0 spiro atoms. The van der Waals surface area contributed by atoms with Crippen molar-refractivity contribution in [1.82, 2.24) is 24.8 Å². The van der Waals surface area contributed by atoms with Crippen LogP contribution in [0.15, 0.2) is 36.4 Å². The van der Waals surface area contributed by atoms with Gasteiger partial charge in [-0.25, -0.2) is 13.2 Å². The number of sulfonamides is 1. The van der Waals surface area contributed by atoms with Crippen LogP contribution in [-0.2, 0) is 29.1 Å². The van der Waals surface area contributed by atoms with Gasteiger partial charge in [0.1, 0.15) is 30.3 Å². The smallest absolute Gasteiger partial charge is 0.408 e. The van der Waals surface area contributed by atoms with Crippen molar-refractivity contribution in [3.05, 3.63) is 41.4 Å². The Balaban J connectivity index is 1.41. The van der Waals surface area contributed by atoms with Crippen LogP contribution in [0.2, 0.25) is 5.02 Å². The maximum Gasteiger partial charge on any atom is 0.408 e. The van der Waals surface area contributed by atoms with Crippen molar-refractivity contribution in [2.45, 2.75) is 121 Å². The number of benzene rings is 1. The molecule has 1 aromatic carbocycles. The third kappa shape index (κ3) is 8.88. The molecule has 2 aromatic rings. The highest BCUT2D eigenvalue weighted by atomic mass is 35.5. The zero-order chi connectivity index (χ0) is 42.4. The molecule has 4 aliphatic rings. The number of halogens is 1. The van der Waals surface area contributed by atoms with Gasteiger partial charge in [-0.05, 0) is 90.2 Å². The van der Waals surface area contributed by atoms with Crippen molar-refractivity contribution in [2.75, 3.05) is 26.9 Å². The van der Waals surface area contributed by atoms with Gasteiger partial charge >= 0.3 is 6.09 Å². The molecule has 3 fully saturated rings. The second kappa shape index (κ2) is 16.5. The molecule has 2 saturated carbocycles. The normalized spacial score (nSPS) is 29.2. The molecule has 1 saturated heterocycles. The number of fused-ring (bicyclic) bond motifs is 3. The maximum absolute atomic E-state index is 15.1. The van der Waals surface area contributed by atoms with E-state index in [0.717, 1.165) is 6.42 Å². The number of methoxy groups -OCH3 is 1. The molecule has 2 aliphatic carbocycles. The van der Waals surface area contributed by atoms with Gasteiger partial charge in [0.15, 0.2) is 0 Å². The summed E-state index contributed by atoms with van der Waals surface area (Å²) in [4.78, 5) is 64.0. The highest BCUT2D eigenvalue weighted by molar-refractivity contribution is 7.91. The standard InChI is InChI=1S/C41H56ClN5O10S/c1-24-11-8-9-12-26-22-41(26,37(50)45-58(53,54)40(6)15-16-40)44-34(48)31-20-27(23-46(31)36(49)33(25(2)19-24)47(38(51)52)39(3,4)5)57-35-28-13-10-14-30(42)29(28)21-32(43-35)56-18-17-55-7/h9-10,12-14,21,24-27,31,33H,8,11,15-20,22-23H2,1-7H3,(H,44,48)(H,45,50)(H,51,52)/b12-9-/t24-,25-,26-,27-,31+,33+,41-/m1/s1. The van der Waals surface area contributed by atoms with Crippen LogP contribution in [0.1, 0.15) is 86.5 Å². The molecular weight excluding hydrogens is 790 g/mol. The van der Waals surface area contributed by atoms with Crippen molar-refractivity contribution < 1.29 is 46.9 Å². The molecular formula is C41H56ClN5O10S. The predicted molar refractivity (Wildman–Crippen MR) is 217 cm³/mol. The summed E-state index contributed by atoms with van der Waals surface area (Å²) in [5.74, 6) is -2.60. The van der Waals surface area contributed by atoms with Crippen LogP contribution in [0.4, 0.5) is 4.79 Å². The quantitative estimate of drug-likeness (QED) is 0.208. The van der Waals surface area contributed by atoms with E-state index >= 15 is 4.79 Å². The monoisotopic (exact) mass is 845 g/mol. The molecule has 3 heterocycles. The Kier molecular flexibility index (Phi) is 12.3. The fourth-order valence-electron chi connectivity index (χ4n) is 8.30. The number of carbonyl (C=O) groups excluding carboxylic acids is 3. The number of allylic oxidation sites excluding steroid dienone is 1. The predicted octanol–water partition coefficient (Wildman–Crippen LogP) is 5.29. The third-order valence-corrected chi connectivity index (χ3v) is 14.5. The van der Waals surface area contributed by atoms with Gasteiger partial charge in [0.25, 0.3) is 5.91 Å². The Morgan fingerprint density at radius 1 is 1.14 bits per heavy atom. The fraction of sp³-hybridized carbons (Fsp3) is 0.634. The largest absolute Gasteiger partial charge is 0.475 e. The number of rotatable bonds is 10. The molecule has 58 heavy (non-hydrogen) atoms. The van der Waals surface area contributed by atoms with Gasteiger partial charge in [0, 0.05) is 46.8 Å². The molecule has 2 aliphatic heterocycles. The first-order chi connectivity index (χ1) is 27.2. The Morgan fingerprint density at radius 2 is 1.86 bits per heavy atom. The van der Waals surface area contributed by atoms with E-state index in [0.29, 0.717) is 48.1 Å². The lowest BCUT2D eigenvalue weighted by molar-refractivity contribution is -0.146. The van der Waals surface area contributed by atoms with Crippen LogP contribution in [-0.4, -0.2) is 113 Å². The molecule has 0 radical (unpaired) electrons. The summed E-state index contributed by atoms with van der Waals surface area (Å²) in [7, 11) is -2.49. The topological polar surface area (TPSA) is 194 Å². The van der Waals surface area contributed by atoms with E-state index in [9.17, 15) is 27.9 Å². The van der Waals surface area contributed by atoms with E-state index in [-0.39, 0.29) is 43.7 Å². The SMILES string of the molecule is COCCOc1cc2c(Cl)cccc2c(O[C@@H]2C[C@H]3C(=O)N[C@]4(C(=O)NS(=O)(=O)C5(C)CC5)C[C@H]4/C=C\CC[C@@H](C)C[C@@H](C)[C@H](N(C(=O)O)C(C)(C)C)C(=O)N3C2)n1. The Labute approximate surface area is 345 Å². The molecule has 3 N–H and O–H groups in total. The Morgan fingerprint density at radius 3 is 2.52 bits per heavy atom. The minimum Gasteiger partial charge on any atom is -0.475 e. The van der Waals surface area contributed by atoms with E-state index in [4.69, 9.17) is 25.8 Å². The lowest BCUT2D eigenvalue weighted by atomic mass is 9.85. The molecule has 4 amide bonds. The van der Waals surface area contributed by atoms with E-state index < -0.39 is 79.7 Å². The summed E-state index contributed by atoms with van der Waals surface area (Å²) in [6, 6.07) is 4.52. The van der Waals surface area contributed by atoms with E-state index in [1.54, 1.807) is 59.1 Å². The molecule has 0 bridgehead atoms. The minimum atomic E-state index is -4.04. The van der Waals surface area contributed by atoms with E-state index in [1.807, 2.05) is 19.1 Å². The number of ether oxygens (including phenoxy) is 3. The van der Waals surface area contributed by atoms with Crippen LogP contribution in [0.3, 0.4) is 0 Å². The van der Waals surface area contributed by atoms with Crippen LogP contribution >= 0.6 is 11.6 Å². The van der Waals surface area contributed by atoms with Gasteiger partial charge in [0.2, 0.25) is 33.6 Å². The van der Waals surface area contributed by atoms with Crippen LogP contribution in [0.25, 0.3) is 10.8 Å². The molecule has 17 heteroatoms. The summed E-state index contributed by atoms with van der Waals surface area (Å²) >= 11 is 6.60. The maximum atomic E-state index is 15.1. The number of amides is 4. The first kappa shape index (κ1) is 43.4. The van der Waals surface area contributed by atoms with Gasteiger partial charge in [-0.1, -0.05) is 43.7 Å². The Hall–Kier alpha value is -4.15. The van der Waals surface area contributed by atoms with Gasteiger partial charge < -0.3 is 29.5 Å². The first-order valence-electron chi connectivity index (χ1n) is 20.0. The van der Waals surface area contributed by atoms with Crippen molar-refractivity contribution in [2.24, 2.45) is 17.8 Å². The van der Waals surface area contributed by atoms with Crippen LogP contribution < -0.4 is 19.5 Å². The number of aromatic nitrogens is 1. The second-order valence-corrected chi connectivity index (χ2v) is 20.3. The number of carboxylic acid groups (broad SMARTS) is 1. The van der Waals surface area contributed by atoms with Gasteiger partial charge in [-0.2, -0.15) is 4.98 Å². The summed E-state index contributed by atoms with van der Waals surface area (Å²) < 4.78 is 45.2. The number of nitrogens with one attached hydrogen (secondary N) is 2. The fourth-order valence-corrected chi connectivity index (χ4v) is 9.84. The number of nitrogens with zero attached hydrogens (tertiary/aromatic N) is 3. The average molecular weight is 846 g/mol. The number of pyridine rings is 1. The van der Waals surface area contributed by atoms with Crippen molar-refractivity contribution in [3.8, 4) is 11.8 Å².